The highest BCUT2D eigenvalue weighted by Crippen LogP contribution is 2.19. The highest BCUT2D eigenvalue weighted by Gasteiger charge is 2.17. The molecule has 0 fully saturated rings. The molecule has 1 aliphatic rings. The number of nitrogens with two attached hydrogens (primary N) is 1. The first-order valence-electron chi connectivity index (χ1n) is 4.53. The Balaban J connectivity index is 2.45. The van der Waals surface area contributed by atoms with Gasteiger partial charge in [-0.3, -0.25) is 9.78 Å². The van der Waals surface area contributed by atoms with Crippen molar-refractivity contribution >= 4 is 5.78 Å². The van der Waals surface area contributed by atoms with Gasteiger partial charge in [0.2, 0.25) is 0 Å². The van der Waals surface area contributed by atoms with Gasteiger partial charge in [-0.05, 0) is 25.0 Å². The largest absolute Gasteiger partial charge is 0.325 e. The summed E-state index contributed by atoms with van der Waals surface area (Å²) in [5.74, 6) is 0.220. The SMILES string of the molecule is NCc1ccc2c(n1)CCCC2=O. The molecule has 3 nitrogen and oxygen atoms in total. The van der Waals surface area contributed by atoms with Crippen LogP contribution < -0.4 is 5.73 Å². The maximum atomic E-state index is 11.4. The number of carbonyl (C=O) groups excluding carboxylic acids is 1. The predicted molar refractivity (Wildman–Crippen MR) is 49.4 cm³/mol. The van der Waals surface area contributed by atoms with E-state index < -0.39 is 0 Å². The lowest BCUT2D eigenvalue weighted by molar-refractivity contribution is 0.0971. The van der Waals surface area contributed by atoms with Gasteiger partial charge in [0.15, 0.2) is 5.78 Å². The van der Waals surface area contributed by atoms with Crippen molar-refractivity contribution in [3.05, 3.63) is 29.1 Å². The number of nitrogens with zero attached hydrogens (tertiary/aromatic N) is 1. The number of carbonyl (C=O) groups is 1. The van der Waals surface area contributed by atoms with Gasteiger partial charge in [-0.1, -0.05) is 0 Å². The van der Waals surface area contributed by atoms with E-state index in [1.54, 1.807) is 0 Å². The molecule has 3 heteroatoms. The number of aromatic nitrogens is 1. The van der Waals surface area contributed by atoms with Gasteiger partial charge < -0.3 is 5.73 Å². The van der Waals surface area contributed by atoms with Gasteiger partial charge in [0, 0.05) is 18.5 Å². The van der Waals surface area contributed by atoms with E-state index in [1.165, 1.54) is 0 Å². The fraction of sp³-hybridized carbons (Fsp3) is 0.400. The molecule has 0 amide bonds. The Kier molecular flexibility index (Phi) is 2.10. The molecule has 0 spiro atoms. The van der Waals surface area contributed by atoms with Crippen molar-refractivity contribution < 1.29 is 4.79 Å². The van der Waals surface area contributed by atoms with E-state index >= 15 is 0 Å². The summed E-state index contributed by atoms with van der Waals surface area (Å²) in [7, 11) is 0. The van der Waals surface area contributed by atoms with Crippen LogP contribution in [0.25, 0.3) is 0 Å². The number of hydrogen-bond acceptors (Lipinski definition) is 3. The molecule has 1 aromatic heterocycles. The van der Waals surface area contributed by atoms with Crippen molar-refractivity contribution in [3.63, 3.8) is 0 Å². The first kappa shape index (κ1) is 8.38. The van der Waals surface area contributed by atoms with E-state index in [4.69, 9.17) is 5.73 Å². The van der Waals surface area contributed by atoms with Crippen LogP contribution in [-0.4, -0.2) is 10.8 Å². The topological polar surface area (TPSA) is 56.0 Å². The van der Waals surface area contributed by atoms with Gasteiger partial charge in [0.1, 0.15) is 0 Å². The molecule has 0 aliphatic heterocycles. The summed E-state index contributed by atoms with van der Waals surface area (Å²) in [5.41, 5.74) is 8.06. The molecule has 0 aromatic carbocycles. The second-order valence-electron chi connectivity index (χ2n) is 3.28. The van der Waals surface area contributed by atoms with Crippen LogP contribution in [0.3, 0.4) is 0 Å². The number of hydrogen-bond donors (Lipinski definition) is 1. The Morgan fingerprint density at radius 3 is 3.00 bits per heavy atom. The molecule has 0 radical (unpaired) electrons. The third-order valence-electron chi connectivity index (χ3n) is 2.36. The van der Waals surface area contributed by atoms with Gasteiger partial charge in [-0.2, -0.15) is 0 Å². The number of aryl methyl sites for hydroxylation is 1. The molecule has 2 N–H and O–H groups in total. The zero-order valence-corrected chi connectivity index (χ0v) is 7.42. The van der Waals surface area contributed by atoms with Gasteiger partial charge >= 0.3 is 0 Å². The van der Waals surface area contributed by atoms with Crippen molar-refractivity contribution in [1.82, 2.24) is 4.98 Å². The predicted octanol–water partition coefficient (Wildman–Crippen LogP) is 1.06. The summed E-state index contributed by atoms with van der Waals surface area (Å²) in [5, 5.41) is 0. The Labute approximate surface area is 77.0 Å². The van der Waals surface area contributed by atoms with E-state index in [0.29, 0.717) is 13.0 Å². The van der Waals surface area contributed by atoms with Crippen LogP contribution in [0.4, 0.5) is 0 Å². The summed E-state index contributed by atoms with van der Waals surface area (Å²) in [4.78, 5) is 15.8. The first-order valence-corrected chi connectivity index (χ1v) is 4.53. The molecular formula is C10H12N2O. The number of Topliss-reactive ketones (excluding diaryl/α,β-unsaturated/α-hetero) is 1. The molecule has 0 unspecified atom stereocenters. The van der Waals surface area contributed by atoms with Crippen LogP contribution in [0.15, 0.2) is 12.1 Å². The van der Waals surface area contributed by atoms with Gasteiger partial charge in [0.05, 0.1) is 11.4 Å². The third kappa shape index (κ3) is 1.47. The Hall–Kier alpha value is -1.22. The lowest BCUT2D eigenvalue weighted by Crippen LogP contribution is -2.14. The van der Waals surface area contributed by atoms with Crippen LogP contribution in [-0.2, 0) is 13.0 Å². The van der Waals surface area contributed by atoms with Crippen molar-refractivity contribution in [2.24, 2.45) is 5.73 Å². The molecule has 0 atom stereocenters. The molecule has 1 heterocycles. The molecule has 0 saturated heterocycles. The number of fused-ring (bicyclic) bond motifs is 1. The number of rotatable bonds is 1. The van der Waals surface area contributed by atoms with Crippen LogP contribution in [0.5, 0.6) is 0 Å². The Morgan fingerprint density at radius 1 is 1.38 bits per heavy atom. The van der Waals surface area contributed by atoms with Gasteiger partial charge in [-0.15, -0.1) is 0 Å². The van der Waals surface area contributed by atoms with Gasteiger partial charge in [0.25, 0.3) is 0 Å². The normalized spacial score (nSPS) is 15.6. The van der Waals surface area contributed by atoms with Crippen LogP contribution in [0, 0.1) is 0 Å². The summed E-state index contributed by atoms with van der Waals surface area (Å²) >= 11 is 0. The lowest BCUT2D eigenvalue weighted by Gasteiger charge is -2.13. The zero-order chi connectivity index (χ0) is 9.26. The molecular weight excluding hydrogens is 164 g/mol. The third-order valence-corrected chi connectivity index (χ3v) is 2.36. The van der Waals surface area contributed by atoms with E-state index in [0.717, 1.165) is 29.8 Å². The molecule has 0 bridgehead atoms. The minimum atomic E-state index is 0.220. The maximum absolute atomic E-state index is 11.4. The second-order valence-corrected chi connectivity index (χ2v) is 3.28. The second kappa shape index (κ2) is 3.26. The van der Waals surface area contributed by atoms with Crippen molar-refractivity contribution in [2.75, 3.05) is 0 Å². The summed E-state index contributed by atoms with van der Waals surface area (Å²) < 4.78 is 0. The standard InChI is InChI=1S/C10H12N2O/c11-6-7-4-5-8-9(12-7)2-1-3-10(8)13/h4-5H,1-3,6,11H2. The average Bonchev–Trinajstić information content (AvgIpc) is 2.18. The van der Waals surface area contributed by atoms with Crippen molar-refractivity contribution in [1.29, 1.82) is 0 Å². The Morgan fingerprint density at radius 2 is 2.23 bits per heavy atom. The van der Waals surface area contributed by atoms with E-state index in [9.17, 15) is 4.79 Å². The molecule has 13 heavy (non-hydrogen) atoms. The summed E-state index contributed by atoms with van der Waals surface area (Å²) in [6, 6.07) is 3.69. The molecule has 1 aliphatic carbocycles. The summed E-state index contributed by atoms with van der Waals surface area (Å²) in [6.07, 6.45) is 2.50. The summed E-state index contributed by atoms with van der Waals surface area (Å²) in [6.45, 7) is 0.446. The lowest BCUT2D eigenvalue weighted by atomic mass is 9.94. The highest BCUT2D eigenvalue weighted by molar-refractivity contribution is 5.97. The smallest absolute Gasteiger partial charge is 0.164 e. The van der Waals surface area contributed by atoms with E-state index in [-0.39, 0.29) is 5.78 Å². The minimum absolute atomic E-state index is 0.220. The van der Waals surface area contributed by atoms with E-state index in [2.05, 4.69) is 4.98 Å². The first-order chi connectivity index (χ1) is 6.31. The van der Waals surface area contributed by atoms with Crippen LogP contribution in [0.1, 0.15) is 34.6 Å². The Bertz CT molecular complexity index is 347. The van der Waals surface area contributed by atoms with Crippen LogP contribution in [0.2, 0.25) is 0 Å². The minimum Gasteiger partial charge on any atom is -0.325 e. The monoisotopic (exact) mass is 176 g/mol. The van der Waals surface area contributed by atoms with Crippen molar-refractivity contribution in [2.45, 2.75) is 25.8 Å². The number of pyridine rings is 1. The quantitative estimate of drug-likeness (QED) is 0.696. The van der Waals surface area contributed by atoms with Crippen LogP contribution >= 0.6 is 0 Å². The maximum Gasteiger partial charge on any atom is 0.164 e. The highest BCUT2D eigenvalue weighted by atomic mass is 16.1. The fourth-order valence-electron chi connectivity index (χ4n) is 1.66. The van der Waals surface area contributed by atoms with Crippen molar-refractivity contribution in [3.8, 4) is 0 Å². The van der Waals surface area contributed by atoms with Gasteiger partial charge in [-0.25, -0.2) is 0 Å². The molecule has 1 aromatic rings. The molecule has 68 valence electrons. The number of ketones is 1. The van der Waals surface area contributed by atoms with E-state index in [1.807, 2.05) is 12.1 Å². The zero-order valence-electron chi connectivity index (χ0n) is 7.42. The fourth-order valence-corrected chi connectivity index (χ4v) is 1.66. The molecule has 2 rings (SSSR count). The average molecular weight is 176 g/mol. The molecule has 0 saturated carbocycles.